The van der Waals surface area contributed by atoms with Crippen LogP contribution in [0.25, 0.3) is 0 Å². The van der Waals surface area contributed by atoms with Crippen LogP contribution in [0.5, 0.6) is 0 Å². The maximum atomic E-state index is 15.5. The number of benzene rings is 1. The van der Waals surface area contributed by atoms with Gasteiger partial charge in [0.05, 0.1) is 30.9 Å². The number of primary amides is 1. The highest BCUT2D eigenvalue weighted by Gasteiger charge is 2.44. The number of nitrogens with zero attached hydrogens (tertiary/aromatic N) is 1. The minimum absolute atomic E-state index is 0.0340. The van der Waals surface area contributed by atoms with Crippen LogP contribution in [-0.2, 0) is 57.5 Å². The van der Waals surface area contributed by atoms with Crippen molar-refractivity contribution in [2.24, 2.45) is 56.5 Å². The van der Waals surface area contributed by atoms with Gasteiger partial charge in [-0.1, -0.05) is 120 Å². The Hall–Kier alpha value is -8.07. The average Bonchev–Trinajstić information content (AvgIpc) is 0.842. The zero-order valence-electron chi connectivity index (χ0n) is 55.9. The van der Waals surface area contributed by atoms with Gasteiger partial charge in [0.1, 0.15) is 60.4 Å². The number of aliphatic imine (C=N–C) groups is 1. The fraction of sp³-hybridized carbons (Fsp3) is 0.689. The zero-order valence-corrected chi connectivity index (χ0v) is 55.9. The highest BCUT2D eigenvalue weighted by atomic mass is 16.3. The molecule has 0 saturated carbocycles. The molecule has 0 bridgehead atoms. The van der Waals surface area contributed by atoms with E-state index in [0.717, 1.165) is 13.8 Å². The molecule has 12 amide bonds. The number of hydrogen-bond acceptors (Lipinski definition) is 18. The monoisotopic (exact) mass is 1320 g/mol. The molecule has 1 saturated heterocycles. The number of carbonyl (C=O) groups excluding carboxylic acids is 12. The van der Waals surface area contributed by atoms with Crippen molar-refractivity contribution < 1.29 is 78.0 Å². The number of nitrogens with two attached hydrogens (primary N) is 4. The predicted molar refractivity (Wildman–Crippen MR) is 342 cm³/mol. The van der Waals surface area contributed by atoms with Crippen molar-refractivity contribution >= 4 is 76.8 Å². The van der Waals surface area contributed by atoms with Gasteiger partial charge >= 0.3 is 0 Å². The molecule has 23 N–H and O–H groups in total. The van der Waals surface area contributed by atoms with E-state index in [0.29, 0.717) is 0 Å². The van der Waals surface area contributed by atoms with E-state index in [1.54, 1.807) is 54.5 Å². The topological polar surface area (TPSA) is 535 Å². The van der Waals surface area contributed by atoms with Crippen LogP contribution in [0.3, 0.4) is 0 Å². The number of guanidine groups is 1. The van der Waals surface area contributed by atoms with Gasteiger partial charge in [-0.25, -0.2) is 0 Å². The standard InChI is InChI=1S/C61H104N16O16/c1-15-30(6)39-54(89)73-40(32(8)79)55(90)67-31(7)48(83)76-44(46(81)47(63)82)58(93)71-38(27-78)53(88)74-41(33-20-17-16-18-21-33)42(75-52(87)37(26-61(12,13)14)70-49(84)34(62)25-60(9,10)11)56(91)77-43(45(80)29(4)5)57(92)69-36(24-28(2)3)51(86)68-35(50(85)72-39)22-19-23-66-59(64)65/h16-18,20-21,28-32,34-46,78-81H,15,19,22-27,62H2,1-14H3,(H2,63,82)(H,67,90)(H,68,86)(H,69,92)(H,70,84)(H,71,93)(H,72,85)(H,73,89)(H,74,88)(H,75,87)(H,76,83)(H,77,91)(H4,64,65,66)/t30-,31+,32-,34+,35+,36-,37-,38-,39-,40-,41+,42-,43-,44?,45+,46-/m0/s1. The molecule has 0 radical (unpaired) electrons. The minimum atomic E-state index is -2.57. The lowest BCUT2D eigenvalue weighted by Crippen LogP contribution is -2.65. The Kier molecular flexibility index (Phi) is 32.2. The average molecular weight is 1320 g/mol. The smallest absolute Gasteiger partial charge is 0.248 e. The summed E-state index contributed by atoms with van der Waals surface area (Å²) in [5, 5.41) is 71.6. The fourth-order valence-electron chi connectivity index (χ4n) is 9.78. The number of rotatable bonds is 21. The number of aliphatic hydroxyl groups excluding tert-OH is 4. The van der Waals surface area contributed by atoms with E-state index in [1.807, 2.05) is 20.8 Å². The first kappa shape index (κ1) is 81.0. The van der Waals surface area contributed by atoms with Crippen LogP contribution in [0.1, 0.15) is 147 Å². The molecule has 2 rings (SSSR count). The Morgan fingerprint density at radius 1 is 0.602 bits per heavy atom. The number of hydrogen-bond donors (Lipinski definition) is 19. The van der Waals surface area contributed by atoms with Crippen molar-refractivity contribution in [3.63, 3.8) is 0 Å². The molecular formula is C61H104N16O16. The number of amides is 12. The first-order chi connectivity index (χ1) is 43.0. The predicted octanol–water partition coefficient (Wildman–Crippen LogP) is -4.69. The van der Waals surface area contributed by atoms with Crippen molar-refractivity contribution in [1.82, 2.24) is 58.5 Å². The van der Waals surface area contributed by atoms with Crippen LogP contribution < -0.4 is 81.4 Å². The summed E-state index contributed by atoms with van der Waals surface area (Å²) in [5.74, 6) is -16.4. The maximum Gasteiger partial charge on any atom is 0.248 e. The number of nitrogens with one attached hydrogen (secondary N) is 11. The number of carbonyl (C=O) groups is 12. The molecule has 524 valence electrons. The molecule has 1 aromatic rings. The normalized spacial score (nSPS) is 25.4. The zero-order chi connectivity index (χ0) is 71.2. The first-order valence-corrected chi connectivity index (χ1v) is 31.2. The van der Waals surface area contributed by atoms with Crippen molar-refractivity contribution in [2.45, 2.75) is 226 Å². The lowest BCUT2D eigenvalue weighted by Gasteiger charge is -2.35. The molecule has 1 aliphatic heterocycles. The third-order valence-corrected chi connectivity index (χ3v) is 15.1. The lowest BCUT2D eigenvalue weighted by atomic mass is 9.86. The molecular weight excluding hydrogens is 1210 g/mol. The highest BCUT2D eigenvalue weighted by Crippen LogP contribution is 2.25. The molecule has 32 nitrogen and oxygen atoms in total. The second-order valence-corrected chi connectivity index (χ2v) is 26.9. The molecule has 1 heterocycles. The van der Waals surface area contributed by atoms with Gasteiger partial charge < -0.3 is 102 Å². The van der Waals surface area contributed by atoms with Gasteiger partial charge in [-0.2, -0.15) is 0 Å². The van der Waals surface area contributed by atoms with E-state index in [2.05, 4.69) is 63.5 Å². The summed E-state index contributed by atoms with van der Waals surface area (Å²) in [6.45, 7) is 21.4. The van der Waals surface area contributed by atoms with Gasteiger partial charge in [0, 0.05) is 6.54 Å². The van der Waals surface area contributed by atoms with Crippen LogP contribution in [0.4, 0.5) is 0 Å². The summed E-state index contributed by atoms with van der Waals surface area (Å²) < 4.78 is 0. The van der Waals surface area contributed by atoms with Crippen LogP contribution in [0, 0.1) is 28.6 Å². The number of aliphatic hydroxyl groups is 4. The molecule has 32 heteroatoms. The Morgan fingerprint density at radius 2 is 1.10 bits per heavy atom. The molecule has 1 aliphatic rings. The van der Waals surface area contributed by atoms with E-state index < -0.39 is 191 Å². The summed E-state index contributed by atoms with van der Waals surface area (Å²) in [6, 6.07) is -13.9. The summed E-state index contributed by atoms with van der Waals surface area (Å²) in [6.07, 6.45) is -6.04. The summed E-state index contributed by atoms with van der Waals surface area (Å²) in [5.41, 5.74) is 21.7. The molecule has 1 fully saturated rings. The Balaban J connectivity index is 3.19. The van der Waals surface area contributed by atoms with Crippen LogP contribution in [0.2, 0.25) is 0 Å². The Bertz CT molecular complexity index is 2770. The fourth-order valence-corrected chi connectivity index (χ4v) is 9.78. The Morgan fingerprint density at radius 3 is 1.61 bits per heavy atom. The van der Waals surface area contributed by atoms with E-state index in [-0.39, 0.29) is 62.5 Å². The van der Waals surface area contributed by atoms with E-state index in [4.69, 9.17) is 22.9 Å². The largest absolute Gasteiger partial charge is 0.394 e. The summed E-state index contributed by atoms with van der Waals surface area (Å²) >= 11 is 0. The van der Waals surface area contributed by atoms with Crippen molar-refractivity contribution in [3.05, 3.63) is 35.9 Å². The second-order valence-electron chi connectivity index (χ2n) is 26.9. The van der Waals surface area contributed by atoms with Crippen LogP contribution in [0.15, 0.2) is 35.3 Å². The molecule has 0 aliphatic carbocycles. The summed E-state index contributed by atoms with van der Waals surface area (Å²) in [4.78, 5) is 176. The van der Waals surface area contributed by atoms with E-state index >= 15 is 9.59 Å². The van der Waals surface area contributed by atoms with Crippen molar-refractivity contribution in [1.29, 1.82) is 0 Å². The molecule has 16 atom stereocenters. The van der Waals surface area contributed by atoms with Crippen LogP contribution in [-0.4, -0.2) is 195 Å². The van der Waals surface area contributed by atoms with Gasteiger partial charge in [0.15, 0.2) is 12.1 Å². The van der Waals surface area contributed by atoms with Gasteiger partial charge in [0.2, 0.25) is 70.9 Å². The maximum absolute atomic E-state index is 15.5. The highest BCUT2D eigenvalue weighted by molar-refractivity contribution is 6.01. The van der Waals surface area contributed by atoms with E-state index in [9.17, 15) is 68.4 Å². The van der Waals surface area contributed by atoms with Crippen molar-refractivity contribution in [2.75, 3.05) is 13.2 Å². The van der Waals surface area contributed by atoms with Crippen molar-refractivity contribution in [3.8, 4) is 0 Å². The van der Waals surface area contributed by atoms with Gasteiger partial charge in [0.25, 0.3) is 0 Å². The minimum Gasteiger partial charge on any atom is -0.394 e. The third-order valence-electron chi connectivity index (χ3n) is 15.1. The lowest BCUT2D eigenvalue weighted by molar-refractivity contribution is -0.141. The third kappa shape index (κ3) is 26.8. The first-order valence-electron chi connectivity index (χ1n) is 31.2. The van der Waals surface area contributed by atoms with Gasteiger partial charge in [-0.05, 0) is 80.1 Å². The summed E-state index contributed by atoms with van der Waals surface area (Å²) in [7, 11) is 0. The molecule has 0 aromatic heterocycles. The molecule has 1 aromatic carbocycles. The van der Waals surface area contributed by atoms with Gasteiger partial charge in [-0.3, -0.25) is 62.5 Å². The SMILES string of the molecule is CC[C@H](C)[C@@H]1NC(=O)[C@@H](CCCN=C(N)N)NC(=O)[C@H](CC(C)C)NC(=O)[C@H]([C@H](O)C(C)C)NC(=O)[C@@H](NC(=O)[C@H](CC(C)(C)C)NC(=O)[C@H](N)CC(C)(C)C)[C@@H](c2ccccc2)NC(=O)[C@H](CO)NC(=O)C([C@H](O)C(N)=O)NC(=O)[C@@H](C)NC(=O)[C@H]([C@H](C)O)NC1=O. The van der Waals surface area contributed by atoms with E-state index in [1.165, 1.54) is 38.1 Å². The van der Waals surface area contributed by atoms with Gasteiger partial charge in [-0.15, -0.1) is 0 Å². The van der Waals surface area contributed by atoms with Crippen LogP contribution >= 0.6 is 0 Å². The second kappa shape index (κ2) is 37.0. The quantitative estimate of drug-likeness (QED) is 0.0312. The molecule has 0 spiro atoms. The molecule has 1 unspecified atom stereocenters. The molecule has 93 heavy (non-hydrogen) atoms. The Labute approximate surface area is 543 Å².